The van der Waals surface area contributed by atoms with Crippen LogP contribution in [0.2, 0.25) is 0 Å². The van der Waals surface area contributed by atoms with E-state index in [1.807, 2.05) is 36.8 Å². The van der Waals surface area contributed by atoms with Crippen molar-refractivity contribution in [3.05, 3.63) is 54.1 Å². The first-order valence-electron chi connectivity index (χ1n) is 9.76. The van der Waals surface area contributed by atoms with Gasteiger partial charge in [0.1, 0.15) is 5.75 Å². The third-order valence-corrected chi connectivity index (χ3v) is 5.51. The lowest BCUT2D eigenvalue weighted by Crippen LogP contribution is -2.39. The third-order valence-electron chi connectivity index (χ3n) is 4.17. The molecule has 0 atom stereocenters. The largest absolute Gasteiger partial charge is 0.484 e. The molecule has 0 bridgehead atoms. The standard InChI is InChI=1S/C21H27N3O5S/c1-3-5-13-22-21(26)24-30(27,28)19-11-9-17(10-12-19)23-20(25)15-29-18-8-6-7-16(4-2)14-18/h6-12,14H,3-5,13,15H2,1-2H3,(H,23,25)(H2,22,24,26). The molecule has 0 fully saturated rings. The van der Waals surface area contributed by atoms with Crippen LogP contribution in [0, 0.1) is 0 Å². The number of urea groups is 1. The molecule has 0 aliphatic heterocycles. The Morgan fingerprint density at radius 2 is 1.77 bits per heavy atom. The number of anilines is 1. The van der Waals surface area contributed by atoms with Crippen molar-refractivity contribution in [3.63, 3.8) is 0 Å². The number of unbranched alkanes of at least 4 members (excludes halogenated alkanes) is 1. The number of amides is 3. The number of aryl methyl sites for hydroxylation is 1. The average molecular weight is 434 g/mol. The highest BCUT2D eigenvalue weighted by molar-refractivity contribution is 7.90. The number of rotatable bonds is 10. The van der Waals surface area contributed by atoms with Gasteiger partial charge in [0.05, 0.1) is 4.90 Å². The minimum atomic E-state index is -3.99. The Hall–Kier alpha value is -3.07. The lowest BCUT2D eigenvalue weighted by Gasteiger charge is -2.10. The zero-order valence-corrected chi connectivity index (χ0v) is 17.9. The fourth-order valence-electron chi connectivity index (χ4n) is 2.51. The molecule has 9 heteroatoms. The maximum atomic E-state index is 12.2. The van der Waals surface area contributed by atoms with Gasteiger partial charge in [-0.2, -0.15) is 0 Å². The van der Waals surface area contributed by atoms with Crippen LogP contribution in [0.4, 0.5) is 10.5 Å². The summed E-state index contributed by atoms with van der Waals surface area (Å²) in [7, 11) is -3.99. The van der Waals surface area contributed by atoms with Crippen molar-refractivity contribution in [1.29, 1.82) is 0 Å². The molecule has 0 spiro atoms. The van der Waals surface area contributed by atoms with Crippen LogP contribution in [-0.2, 0) is 21.2 Å². The number of hydrogen-bond donors (Lipinski definition) is 3. The second-order valence-electron chi connectivity index (χ2n) is 6.58. The number of ether oxygens (including phenoxy) is 1. The van der Waals surface area contributed by atoms with E-state index in [0.717, 1.165) is 24.8 Å². The molecular formula is C21H27N3O5S. The quantitative estimate of drug-likeness (QED) is 0.499. The number of sulfonamides is 1. The van der Waals surface area contributed by atoms with E-state index < -0.39 is 16.1 Å². The van der Waals surface area contributed by atoms with Gasteiger partial charge in [0, 0.05) is 12.2 Å². The number of carbonyl (C=O) groups excluding carboxylic acids is 2. The molecule has 2 aromatic carbocycles. The van der Waals surface area contributed by atoms with E-state index in [1.54, 1.807) is 6.07 Å². The van der Waals surface area contributed by atoms with Gasteiger partial charge in [-0.3, -0.25) is 4.79 Å². The lowest BCUT2D eigenvalue weighted by molar-refractivity contribution is -0.118. The Kier molecular flexibility index (Phi) is 8.67. The van der Waals surface area contributed by atoms with Crippen molar-refractivity contribution in [2.24, 2.45) is 0 Å². The number of carbonyl (C=O) groups is 2. The smallest absolute Gasteiger partial charge is 0.328 e. The molecule has 0 unspecified atom stereocenters. The first-order valence-corrected chi connectivity index (χ1v) is 11.2. The van der Waals surface area contributed by atoms with Crippen molar-refractivity contribution >= 4 is 27.6 Å². The maximum absolute atomic E-state index is 12.2. The number of hydrogen-bond acceptors (Lipinski definition) is 5. The monoisotopic (exact) mass is 433 g/mol. The summed E-state index contributed by atoms with van der Waals surface area (Å²) in [5.41, 5.74) is 1.52. The zero-order valence-electron chi connectivity index (χ0n) is 17.1. The van der Waals surface area contributed by atoms with Gasteiger partial charge < -0.3 is 15.4 Å². The van der Waals surface area contributed by atoms with Crippen molar-refractivity contribution in [1.82, 2.24) is 10.0 Å². The highest BCUT2D eigenvalue weighted by Gasteiger charge is 2.17. The normalized spacial score (nSPS) is 10.9. The summed E-state index contributed by atoms with van der Waals surface area (Å²) in [6, 6.07) is 12.2. The molecule has 0 saturated carbocycles. The number of nitrogens with one attached hydrogen (secondary N) is 3. The predicted molar refractivity (Wildman–Crippen MR) is 115 cm³/mol. The Labute approximate surface area is 177 Å². The lowest BCUT2D eigenvalue weighted by atomic mass is 10.2. The average Bonchev–Trinajstić information content (AvgIpc) is 2.72. The summed E-state index contributed by atoms with van der Waals surface area (Å²) in [6.45, 7) is 4.22. The zero-order chi connectivity index (χ0) is 22.0. The van der Waals surface area contributed by atoms with Crippen LogP contribution in [0.15, 0.2) is 53.4 Å². The minimum Gasteiger partial charge on any atom is -0.484 e. The summed E-state index contributed by atoms with van der Waals surface area (Å²) in [6.07, 6.45) is 2.51. The molecule has 2 aromatic rings. The van der Waals surface area contributed by atoms with Crippen molar-refractivity contribution in [2.75, 3.05) is 18.5 Å². The molecule has 0 heterocycles. The van der Waals surface area contributed by atoms with Gasteiger partial charge in [-0.05, 0) is 54.8 Å². The maximum Gasteiger partial charge on any atom is 0.328 e. The van der Waals surface area contributed by atoms with Crippen molar-refractivity contribution in [2.45, 2.75) is 38.0 Å². The molecular weight excluding hydrogens is 406 g/mol. The van der Waals surface area contributed by atoms with E-state index in [4.69, 9.17) is 4.74 Å². The van der Waals surface area contributed by atoms with Crippen LogP contribution < -0.4 is 20.1 Å². The Balaban J connectivity index is 1.88. The molecule has 0 saturated heterocycles. The van der Waals surface area contributed by atoms with E-state index >= 15 is 0 Å². The fourth-order valence-corrected chi connectivity index (χ4v) is 3.44. The highest BCUT2D eigenvalue weighted by Crippen LogP contribution is 2.15. The van der Waals surface area contributed by atoms with Gasteiger partial charge in [-0.15, -0.1) is 0 Å². The van der Waals surface area contributed by atoms with Crippen LogP contribution in [-0.4, -0.2) is 33.5 Å². The van der Waals surface area contributed by atoms with Gasteiger partial charge in [0.25, 0.3) is 15.9 Å². The molecule has 2 rings (SSSR count). The molecule has 0 aliphatic rings. The topological polar surface area (TPSA) is 114 Å². The Morgan fingerprint density at radius 3 is 2.43 bits per heavy atom. The molecule has 162 valence electrons. The van der Waals surface area contributed by atoms with E-state index in [2.05, 4.69) is 10.6 Å². The van der Waals surface area contributed by atoms with Crippen LogP contribution in [0.25, 0.3) is 0 Å². The molecule has 30 heavy (non-hydrogen) atoms. The fraction of sp³-hybridized carbons (Fsp3) is 0.333. The second-order valence-corrected chi connectivity index (χ2v) is 8.26. The number of benzene rings is 2. The molecule has 0 radical (unpaired) electrons. The first kappa shape index (κ1) is 23.2. The summed E-state index contributed by atoms with van der Waals surface area (Å²) >= 11 is 0. The van der Waals surface area contributed by atoms with Gasteiger partial charge >= 0.3 is 6.03 Å². The summed E-state index contributed by atoms with van der Waals surface area (Å²) in [5.74, 6) is 0.232. The van der Waals surface area contributed by atoms with Crippen LogP contribution in [0.3, 0.4) is 0 Å². The second kappa shape index (κ2) is 11.2. The molecule has 3 N–H and O–H groups in total. The molecule has 0 aromatic heterocycles. The minimum absolute atomic E-state index is 0.0845. The molecule has 0 aliphatic carbocycles. The van der Waals surface area contributed by atoms with Gasteiger partial charge in [0.2, 0.25) is 0 Å². The summed E-state index contributed by atoms with van der Waals surface area (Å²) in [4.78, 5) is 23.7. The van der Waals surface area contributed by atoms with E-state index in [0.29, 0.717) is 18.0 Å². The third kappa shape index (κ3) is 7.40. The first-order chi connectivity index (χ1) is 14.3. The van der Waals surface area contributed by atoms with Crippen LogP contribution in [0.1, 0.15) is 32.3 Å². The van der Waals surface area contributed by atoms with Crippen molar-refractivity contribution < 1.29 is 22.7 Å². The van der Waals surface area contributed by atoms with Gasteiger partial charge in [0.15, 0.2) is 6.61 Å². The molecule has 8 nitrogen and oxygen atoms in total. The van der Waals surface area contributed by atoms with Gasteiger partial charge in [-0.1, -0.05) is 32.4 Å². The van der Waals surface area contributed by atoms with Crippen molar-refractivity contribution in [3.8, 4) is 5.75 Å². The van der Waals surface area contributed by atoms with E-state index in [9.17, 15) is 18.0 Å². The summed E-state index contributed by atoms with van der Waals surface area (Å²) in [5, 5.41) is 5.12. The molecule has 3 amide bonds. The van der Waals surface area contributed by atoms with E-state index in [-0.39, 0.29) is 17.4 Å². The highest BCUT2D eigenvalue weighted by atomic mass is 32.2. The van der Waals surface area contributed by atoms with Gasteiger partial charge in [-0.25, -0.2) is 17.9 Å². The summed E-state index contributed by atoms with van der Waals surface area (Å²) < 4.78 is 31.9. The Morgan fingerprint density at radius 1 is 1.03 bits per heavy atom. The predicted octanol–water partition coefficient (Wildman–Crippen LogP) is 3.05. The van der Waals surface area contributed by atoms with Crippen LogP contribution in [0.5, 0.6) is 5.75 Å². The van der Waals surface area contributed by atoms with E-state index in [1.165, 1.54) is 24.3 Å². The van der Waals surface area contributed by atoms with Crippen LogP contribution >= 0.6 is 0 Å². The SMILES string of the molecule is CCCCNC(=O)NS(=O)(=O)c1ccc(NC(=O)COc2cccc(CC)c2)cc1. The Bertz CT molecular complexity index is 959.